The third kappa shape index (κ3) is 6.50. The van der Waals surface area contributed by atoms with E-state index in [1.54, 1.807) is 0 Å². The molecule has 0 aliphatic rings. The second-order valence-electron chi connectivity index (χ2n) is 5.04. The highest BCUT2D eigenvalue weighted by Crippen LogP contribution is 2.08. The lowest BCUT2D eigenvalue weighted by atomic mass is 10.1. The van der Waals surface area contributed by atoms with Crippen molar-refractivity contribution in [2.45, 2.75) is 6.04 Å². The molecule has 2 aromatic carbocycles. The lowest BCUT2D eigenvalue weighted by Gasteiger charge is -2.13. The van der Waals surface area contributed by atoms with Crippen molar-refractivity contribution in [1.29, 1.82) is 0 Å². The second kappa shape index (κ2) is 9.61. The third-order valence-corrected chi connectivity index (χ3v) is 3.22. The van der Waals surface area contributed by atoms with Crippen molar-refractivity contribution in [2.75, 3.05) is 26.4 Å². The van der Waals surface area contributed by atoms with E-state index in [4.69, 9.17) is 15.2 Å². The lowest BCUT2D eigenvalue weighted by molar-refractivity contribution is -0.125. The van der Waals surface area contributed by atoms with Crippen molar-refractivity contribution >= 4 is 5.91 Å². The summed E-state index contributed by atoms with van der Waals surface area (Å²) in [5.41, 5.74) is 7.00. The van der Waals surface area contributed by atoms with Crippen molar-refractivity contribution in [3.63, 3.8) is 0 Å². The van der Waals surface area contributed by atoms with E-state index in [0.29, 0.717) is 19.8 Å². The normalized spacial score (nSPS) is 11.7. The molecule has 3 N–H and O–H groups in total. The fourth-order valence-corrected chi connectivity index (χ4v) is 1.99. The summed E-state index contributed by atoms with van der Waals surface area (Å²) in [5, 5.41) is 2.76. The predicted octanol–water partition coefficient (Wildman–Crippen LogP) is 1.90. The molecule has 2 aromatic rings. The van der Waals surface area contributed by atoms with E-state index in [9.17, 15) is 4.79 Å². The van der Waals surface area contributed by atoms with Gasteiger partial charge in [0.15, 0.2) is 0 Å². The molecule has 0 heterocycles. The molecule has 0 saturated carbocycles. The standard InChI is InChI=1S/C18H22N2O3/c19-17(15-7-3-1-4-8-15)13-20-18(21)14-22-11-12-23-16-9-5-2-6-10-16/h1-10,17H,11-14,19H2,(H,20,21). The highest BCUT2D eigenvalue weighted by atomic mass is 16.5. The highest BCUT2D eigenvalue weighted by molar-refractivity contribution is 5.77. The number of carbonyl (C=O) groups excluding carboxylic acids is 1. The van der Waals surface area contributed by atoms with Gasteiger partial charge in [-0.1, -0.05) is 48.5 Å². The number of nitrogens with two attached hydrogens (primary N) is 1. The van der Waals surface area contributed by atoms with E-state index in [2.05, 4.69) is 5.32 Å². The molecule has 0 aromatic heterocycles. The first-order valence-corrected chi connectivity index (χ1v) is 7.58. The van der Waals surface area contributed by atoms with Gasteiger partial charge >= 0.3 is 0 Å². The molecule has 5 heteroatoms. The molecule has 0 radical (unpaired) electrons. The summed E-state index contributed by atoms with van der Waals surface area (Å²) < 4.78 is 10.7. The molecule has 0 saturated heterocycles. The van der Waals surface area contributed by atoms with E-state index in [1.165, 1.54) is 0 Å². The van der Waals surface area contributed by atoms with Gasteiger partial charge in [0.05, 0.1) is 6.61 Å². The van der Waals surface area contributed by atoms with Crippen molar-refractivity contribution in [1.82, 2.24) is 5.32 Å². The molecule has 0 bridgehead atoms. The maximum absolute atomic E-state index is 11.7. The number of ether oxygens (including phenoxy) is 2. The Balaban J connectivity index is 1.55. The van der Waals surface area contributed by atoms with Crippen molar-refractivity contribution in [3.8, 4) is 5.75 Å². The zero-order valence-electron chi connectivity index (χ0n) is 13.0. The number of nitrogens with one attached hydrogen (secondary N) is 1. The molecule has 122 valence electrons. The first-order valence-electron chi connectivity index (χ1n) is 7.58. The van der Waals surface area contributed by atoms with Crippen LogP contribution in [0.5, 0.6) is 5.75 Å². The number of hydrogen-bond donors (Lipinski definition) is 2. The average molecular weight is 314 g/mol. The Morgan fingerprint density at radius 2 is 1.65 bits per heavy atom. The molecule has 5 nitrogen and oxygen atoms in total. The van der Waals surface area contributed by atoms with Gasteiger partial charge in [-0.3, -0.25) is 4.79 Å². The van der Waals surface area contributed by atoms with Crippen LogP contribution in [0.2, 0.25) is 0 Å². The second-order valence-corrected chi connectivity index (χ2v) is 5.04. The van der Waals surface area contributed by atoms with Gasteiger partial charge in [-0.2, -0.15) is 0 Å². The summed E-state index contributed by atoms with van der Waals surface area (Å²) in [7, 11) is 0. The number of hydrogen-bond acceptors (Lipinski definition) is 4. The Morgan fingerprint density at radius 1 is 1.00 bits per heavy atom. The highest BCUT2D eigenvalue weighted by Gasteiger charge is 2.07. The fraction of sp³-hybridized carbons (Fsp3) is 0.278. The monoisotopic (exact) mass is 314 g/mol. The zero-order valence-corrected chi connectivity index (χ0v) is 13.0. The quantitative estimate of drug-likeness (QED) is 0.693. The van der Waals surface area contributed by atoms with Crippen LogP contribution >= 0.6 is 0 Å². The SMILES string of the molecule is NC(CNC(=O)COCCOc1ccccc1)c1ccccc1. The van der Waals surface area contributed by atoms with E-state index < -0.39 is 0 Å². The van der Waals surface area contributed by atoms with Crippen LogP contribution in [0.1, 0.15) is 11.6 Å². The van der Waals surface area contributed by atoms with Gasteiger partial charge in [-0.25, -0.2) is 0 Å². The maximum atomic E-state index is 11.7. The van der Waals surface area contributed by atoms with E-state index in [0.717, 1.165) is 11.3 Å². The summed E-state index contributed by atoms with van der Waals surface area (Å²) >= 11 is 0. The molecule has 0 spiro atoms. The minimum Gasteiger partial charge on any atom is -0.491 e. The summed E-state index contributed by atoms with van der Waals surface area (Å²) in [4.78, 5) is 11.7. The van der Waals surface area contributed by atoms with Gasteiger partial charge in [0, 0.05) is 12.6 Å². The first kappa shape index (κ1) is 17.0. The number of rotatable bonds is 9. The molecule has 2 rings (SSSR count). The van der Waals surface area contributed by atoms with Gasteiger partial charge in [0.2, 0.25) is 5.91 Å². The Bertz CT molecular complexity index is 575. The summed E-state index contributed by atoms with van der Waals surface area (Å²) in [6, 6.07) is 18.9. The Hall–Kier alpha value is -2.37. The van der Waals surface area contributed by atoms with Gasteiger partial charge < -0.3 is 20.5 Å². The molecule has 1 amide bonds. The zero-order chi connectivity index (χ0) is 16.3. The van der Waals surface area contributed by atoms with Gasteiger partial charge in [-0.05, 0) is 17.7 Å². The molecule has 0 aliphatic heterocycles. The third-order valence-electron chi connectivity index (χ3n) is 3.22. The Labute approximate surface area is 136 Å². The molecule has 1 unspecified atom stereocenters. The van der Waals surface area contributed by atoms with Gasteiger partial charge in [0.1, 0.15) is 19.0 Å². The topological polar surface area (TPSA) is 73.6 Å². The molecule has 1 atom stereocenters. The van der Waals surface area contributed by atoms with Crippen LogP contribution in [0.15, 0.2) is 60.7 Å². The minimum atomic E-state index is -0.221. The van der Waals surface area contributed by atoms with E-state index in [1.807, 2.05) is 60.7 Å². The van der Waals surface area contributed by atoms with Crippen LogP contribution in [0.4, 0.5) is 0 Å². The Kier molecular flexibility index (Phi) is 7.10. The fourth-order valence-electron chi connectivity index (χ4n) is 1.99. The summed E-state index contributed by atoms with van der Waals surface area (Å²) in [6.07, 6.45) is 0. The molecular formula is C18H22N2O3. The Morgan fingerprint density at radius 3 is 2.35 bits per heavy atom. The molecule has 0 fully saturated rings. The van der Waals surface area contributed by atoms with Crippen LogP contribution < -0.4 is 15.8 Å². The van der Waals surface area contributed by atoms with Crippen LogP contribution in [-0.2, 0) is 9.53 Å². The lowest BCUT2D eigenvalue weighted by Crippen LogP contribution is -2.34. The van der Waals surface area contributed by atoms with Crippen LogP contribution in [-0.4, -0.2) is 32.3 Å². The number of amides is 1. The number of benzene rings is 2. The van der Waals surface area contributed by atoms with E-state index >= 15 is 0 Å². The smallest absolute Gasteiger partial charge is 0.246 e. The van der Waals surface area contributed by atoms with Crippen LogP contribution in [0, 0.1) is 0 Å². The molecular weight excluding hydrogens is 292 g/mol. The van der Waals surface area contributed by atoms with E-state index in [-0.39, 0.29) is 18.6 Å². The molecule has 23 heavy (non-hydrogen) atoms. The largest absolute Gasteiger partial charge is 0.491 e. The molecule has 0 aliphatic carbocycles. The number of carbonyl (C=O) groups is 1. The summed E-state index contributed by atoms with van der Waals surface area (Å²) in [5.74, 6) is 0.602. The van der Waals surface area contributed by atoms with Crippen molar-refractivity contribution < 1.29 is 14.3 Å². The van der Waals surface area contributed by atoms with Gasteiger partial charge in [0.25, 0.3) is 0 Å². The summed E-state index contributed by atoms with van der Waals surface area (Å²) in [6.45, 7) is 1.14. The van der Waals surface area contributed by atoms with Gasteiger partial charge in [-0.15, -0.1) is 0 Å². The van der Waals surface area contributed by atoms with Crippen LogP contribution in [0.25, 0.3) is 0 Å². The van der Waals surface area contributed by atoms with Crippen molar-refractivity contribution in [3.05, 3.63) is 66.2 Å². The minimum absolute atomic E-state index is 0.000338. The maximum Gasteiger partial charge on any atom is 0.246 e. The first-order chi connectivity index (χ1) is 11.3. The number of para-hydroxylation sites is 1. The average Bonchev–Trinajstić information content (AvgIpc) is 2.61. The van der Waals surface area contributed by atoms with Crippen LogP contribution in [0.3, 0.4) is 0 Å². The predicted molar refractivity (Wildman–Crippen MR) is 89.1 cm³/mol. The van der Waals surface area contributed by atoms with Crippen molar-refractivity contribution in [2.24, 2.45) is 5.73 Å².